The van der Waals surface area contributed by atoms with Crippen molar-refractivity contribution in [2.45, 2.75) is 13.2 Å². The summed E-state index contributed by atoms with van der Waals surface area (Å²) in [6, 6.07) is 5.19. The first kappa shape index (κ1) is 10.8. The van der Waals surface area contributed by atoms with Crippen LogP contribution in [-0.4, -0.2) is 9.67 Å². The summed E-state index contributed by atoms with van der Waals surface area (Å²) >= 11 is 0. The second kappa shape index (κ2) is 4.45. The van der Waals surface area contributed by atoms with Crippen LogP contribution < -0.4 is 0 Å². The van der Waals surface area contributed by atoms with Crippen molar-refractivity contribution in [3.8, 4) is 0 Å². The lowest BCUT2D eigenvalue weighted by Crippen LogP contribution is -1.98. The summed E-state index contributed by atoms with van der Waals surface area (Å²) < 4.78 is 27.6. The molecule has 0 unspecified atom stereocenters. The van der Waals surface area contributed by atoms with E-state index >= 15 is 0 Å². The number of rotatable bonds is 3. The molecule has 1 heterocycles. The molecule has 2 aromatic rings. The maximum absolute atomic E-state index is 12.9. The minimum absolute atomic E-state index is 0.0372. The van der Waals surface area contributed by atoms with Gasteiger partial charge in [-0.25, -0.2) is 8.78 Å². The smallest absolute Gasteiger partial charge is 0.126 e. The Morgan fingerprint density at radius 3 is 2.31 bits per heavy atom. The first-order chi connectivity index (χ1) is 7.67. The minimum atomic E-state index is -0.579. The van der Waals surface area contributed by atoms with Crippen molar-refractivity contribution < 1.29 is 13.9 Å². The Hall–Kier alpha value is -1.68. The summed E-state index contributed by atoms with van der Waals surface area (Å²) in [4.78, 5) is 0. The zero-order chi connectivity index (χ0) is 11.5. The van der Waals surface area contributed by atoms with Gasteiger partial charge in [0.1, 0.15) is 11.6 Å². The van der Waals surface area contributed by atoms with Crippen LogP contribution in [0.2, 0.25) is 0 Å². The highest BCUT2D eigenvalue weighted by Gasteiger charge is 2.02. The molecule has 1 N–H and O–H groups in total. The van der Waals surface area contributed by atoms with Crippen LogP contribution in [0.1, 0.15) is 11.1 Å². The molecule has 0 aliphatic heterocycles. The number of hydrogen-bond acceptors (Lipinski definition) is 1. The van der Waals surface area contributed by atoms with Gasteiger partial charge >= 0.3 is 0 Å². The first-order valence-corrected chi connectivity index (χ1v) is 4.88. The van der Waals surface area contributed by atoms with Gasteiger partial charge in [-0.15, -0.1) is 0 Å². The SMILES string of the molecule is OCc1ccn(Cc2cc(F)cc(F)c2)c1. The fourth-order valence-electron chi connectivity index (χ4n) is 1.60. The molecule has 2 rings (SSSR count). The van der Waals surface area contributed by atoms with Gasteiger partial charge in [0, 0.05) is 25.0 Å². The van der Waals surface area contributed by atoms with E-state index in [9.17, 15) is 8.78 Å². The molecule has 0 spiro atoms. The molecule has 0 radical (unpaired) electrons. The highest BCUT2D eigenvalue weighted by molar-refractivity contribution is 5.19. The van der Waals surface area contributed by atoms with E-state index in [1.807, 2.05) is 0 Å². The summed E-state index contributed by atoms with van der Waals surface area (Å²) in [6.07, 6.45) is 3.50. The number of nitrogens with zero attached hydrogens (tertiary/aromatic N) is 1. The summed E-state index contributed by atoms with van der Waals surface area (Å²) in [7, 11) is 0. The highest BCUT2D eigenvalue weighted by atomic mass is 19.1. The monoisotopic (exact) mass is 223 g/mol. The zero-order valence-corrected chi connectivity index (χ0v) is 8.53. The molecule has 2 nitrogen and oxygen atoms in total. The molecule has 1 aromatic heterocycles. The zero-order valence-electron chi connectivity index (χ0n) is 8.53. The van der Waals surface area contributed by atoms with Crippen molar-refractivity contribution in [3.63, 3.8) is 0 Å². The largest absolute Gasteiger partial charge is 0.392 e. The number of halogens is 2. The number of aliphatic hydroxyl groups is 1. The Bertz CT molecular complexity index is 473. The number of aromatic nitrogens is 1. The van der Waals surface area contributed by atoms with Gasteiger partial charge in [0.2, 0.25) is 0 Å². The van der Waals surface area contributed by atoms with Crippen molar-refractivity contribution >= 4 is 0 Å². The molecule has 0 aliphatic carbocycles. The summed E-state index contributed by atoms with van der Waals surface area (Å²) in [5, 5.41) is 8.87. The quantitative estimate of drug-likeness (QED) is 0.848. The predicted octanol–water partition coefficient (Wildman–Crippen LogP) is 2.31. The van der Waals surface area contributed by atoms with Gasteiger partial charge in [-0.1, -0.05) is 0 Å². The molecule has 0 saturated heterocycles. The lowest BCUT2D eigenvalue weighted by atomic mass is 10.2. The third kappa shape index (κ3) is 2.46. The van der Waals surface area contributed by atoms with Crippen molar-refractivity contribution in [1.29, 1.82) is 0 Å². The van der Waals surface area contributed by atoms with Gasteiger partial charge < -0.3 is 9.67 Å². The van der Waals surface area contributed by atoms with Crippen molar-refractivity contribution in [2.24, 2.45) is 0 Å². The van der Waals surface area contributed by atoms with E-state index in [2.05, 4.69) is 0 Å². The van der Waals surface area contributed by atoms with E-state index in [1.54, 1.807) is 23.0 Å². The van der Waals surface area contributed by atoms with Gasteiger partial charge in [0.05, 0.1) is 6.61 Å². The maximum atomic E-state index is 12.9. The third-order valence-electron chi connectivity index (χ3n) is 2.28. The van der Waals surface area contributed by atoms with E-state index in [0.29, 0.717) is 12.1 Å². The second-order valence-electron chi connectivity index (χ2n) is 3.63. The van der Waals surface area contributed by atoms with Gasteiger partial charge in [-0.3, -0.25) is 0 Å². The molecule has 84 valence electrons. The summed E-state index contributed by atoms with van der Waals surface area (Å²) in [5.74, 6) is -1.16. The van der Waals surface area contributed by atoms with Gasteiger partial charge in [0.25, 0.3) is 0 Å². The minimum Gasteiger partial charge on any atom is -0.392 e. The Balaban J connectivity index is 2.19. The standard InChI is InChI=1S/C12H11F2NO/c13-11-3-10(4-12(14)5-11)7-15-2-1-9(6-15)8-16/h1-6,16H,7-8H2. The Morgan fingerprint density at radius 1 is 1.06 bits per heavy atom. The summed E-state index contributed by atoms with van der Waals surface area (Å²) in [6.45, 7) is 0.346. The normalized spacial score (nSPS) is 10.7. The average Bonchev–Trinajstić information content (AvgIpc) is 2.64. The molecule has 1 aromatic carbocycles. The number of aliphatic hydroxyl groups excluding tert-OH is 1. The van der Waals surface area contributed by atoms with Crippen LogP contribution in [-0.2, 0) is 13.2 Å². The number of hydrogen-bond donors (Lipinski definition) is 1. The van der Waals surface area contributed by atoms with Crippen LogP contribution in [0.3, 0.4) is 0 Å². The second-order valence-corrected chi connectivity index (χ2v) is 3.63. The topological polar surface area (TPSA) is 25.2 Å². The van der Waals surface area contributed by atoms with Crippen LogP contribution >= 0.6 is 0 Å². The molecular weight excluding hydrogens is 212 g/mol. The fourth-order valence-corrected chi connectivity index (χ4v) is 1.60. The average molecular weight is 223 g/mol. The van der Waals surface area contributed by atoms with Gasteiger partial charge in [-0.2, -0.15) is 0 Å². The van der Waals surface area contributed by atoms with Crippen molar-refractivity contribution in [3.05, 3.63) is 59.4 Å². The van der Waals surface area contributed by atoms with Crippen LogP contribution in [0.15, 0.2) is 36.7 Å². The predicted molar refractivity (Wildman–Crippen MR) is 55.8 cm³/mol. The maximum Gasteiger partial charge on any atom is 0.126 e. The molecule has 0 fully saturated rings. The van der Waals surface area contributed by atoms with Crippen molar-refractivity contribution in [1.82, 2.24) is 4.57 Å². The van der Waals surface area contributed by atoms with E-state index in [1.165, 1.54) is 12.1 Å². The lowest BCUT2D eigenvalue weighted by Gasteiger charge is -2.03. The molecular formula is C12H11F2NO. The van der Waals surface area contributed by atoms with Crippen LogP contribution in [0.25, 0.3) is 0 Å². The molecule has 0 atom stereocenters. The van der Waals surface area contributed by atoms with Crippen LogP contribution in [0.4, 0.5) is 8.78 Å². The third-order valence-corrected chi connectivity index (χ3v) is 2.28. The van der Waals surface area contributed by atoms with Crippen molar-refractivity contribution in [2.75, 3.05) is 0 Å². The molecule has 0 saturated carbocycles. The number of benzene rings is 1. The molecule has 4 heteroatoms. The lowest BCUT2D eigenvalue weighted by molar-refractivity contribution is 0.282. The van der Waals surface area contributed by atoms with Crippen LogP contribution in [0, 0.1) is 11.6 Å². The van der Waals surface area contributed by atoms with E-state index in [4.69, 9.17) is 5.11 Å². The Labute approximate surface area is 91.8 Å². The molecule has 16 heavy (non-hydrogen) atoms. The molecule has 0 amide bonds. The van der Waals surface area contributed by atoms with E-state index in [-0.39, 0.29) is 6.61 Å². The van der Waals surface area contributed by atoms with Crippen LogP contribution in [0.5, 0.6) is 0 Å². The Kier molecular flexibility index (Phi) is 3.01. The van der Waals surface area contributed by atoms with Gasteiger partial charge in [0.15, 0.2) is 0 Å². The van der Waals surface area contributed by atoms with Gasteiger partial charge in [-0.05, 0) is 29.3 Å². The van der Waals surface area contributed by atoms with E-state index in [0.717, 1.165) is 11.6 Å². The van der Waals surface area contributed by atoms with E-state index < -0.39 is 11.6 Å². The molecule has 0 aliphatic rings. The fraction of sp³-hybridized carbons (Fsp3) is 0.167. The molecule has 0 bridgehead atoms. The Morgan fingerprint density at radius 2 is 1.75 bits per heavy atom. The highest BCUT2D eigenvalue weighted by Crippen LogP contribution is 2.10. The summed E-state index contributed by atoms with van der Waals surface area (Å²) in [5.41, 5.74) is 1.33. The first-order valence-electron chi connectivity index (χ1n) is 4.88.